The molecule has 152 valence electrons. The van der Waals surface area contributed by atoms with Crippen LogP contribution in [0, 0.1) is 0 Å². The Hall–Kier alpha value is -2.14. The number of benzene rings is 1. The Morgan fingerprint density at radius 3 is 2.37 bits per heavy atom. The molecule has 11 heteroatoms. The van der Waals surface area contributed by atoms with Crippen LogP contribution in [-0.2, 0) is 30.5 Å². The molecule has 0 aliphatic rings. The summed E-state index contributed by atoms with van der Waals surface area (Å²) in [7, 11) is -3.42. The number of alkyl halides is 3. The summed E-state index contributed by atoms with van der Waals surface area (Å²) in [4.78, 5) is 23.8. The van der Waals surface area contributed by atoms with Crippen molar-refractivity contribution in [2.45, 2.75) is 37.4 Å². The van der Waals surface area contributed by atoms with Gasteiger partial charge in [-0.2, -0.15) is 17.9 Å². The molecule has 0 bridgehead atoms. The largest absolute Gasteiger partial charge is 0.469 e. The van der Waals surface area contributed by atoms with Gasteiger partial charge in [0.2, 0.25) is 15.9 Å². The van der Waals surface area contributed by atoms with Crippen LogP contribution in [0.4, 0.5) is 13.2 Å². The van der Waals surface area contributed by atoms with Crippen molar-refractivity contribution in [3.05, 3.63) is 29.8 Å². The van der Waals surface area contributed by atoms with Crippen LogP contribution in [0.1, 0.15) is 25.8 Å². The SMILES string of the molecule is CCN(CCC(=O)OC)C(=O)[C@H](C)NS(=O)(=O)c1ccccc1C(F)(F)F. The fraction of sp³-hybridized carbons (Fsp3) is 0.500. The van der Waals surface area contributed by atoms with E-state index in [1.54, 1.807) is 6.92 Å². The molecule has 1 aromatic rings. The highest BCUT2D eigenvalue weighted by Crippen LogP contribution is 2.33. The van der Waals surface area contributed by atoms with Gasteiger partial charge in [0.25, 0.3) is 0 Å². The minimum absolute atomic E-state index is 0.00673. The Morgan fingerprint density at radius 1 is 1.26 bits per heavy atom. The van der Waals surface area contributed by atoms with Gasteiger partial charge in [-0.25, -0.2) is 8.42 Å². The lowest BCUT2D eigenvalue weighted by Crippen LogP contribution is -2.47. The van der Waals surface area contributed by atoms with E-state index in [-0.39, 0.29) is 19.5 Å². The minimum atomic E-state index is -4.87. The number of hydrogen-bond acceptors (Lipinski definition) is 5. The maximum Gasteiger partial charge on any atom is 0.417 e. The summed E-state index contributed by atoms with van der Waals surface area (Å²) in [5.41, 5.74) is -1.32. The first kappa shape index (κ1) is 22.9. The Bertz CT molecular complexity index is 781. The molecule has 0 aromatic heterocycles. The van der Waals surface area contributed by atoms with Crippen molar-refractivity contribution in [2.24, 2.45) is 0 Å². The Labute approximate surface area is 155 Å². The van der Waals surface area contributed by atoms with E-state index in [0.717, 1.165) is 18.2 Å². The van der Waals surface area contributed by atoms with Crippen molar-refractivity contribution in [3.63, 3.8) is 0 Å². The molecule has 1 N–H and O–H groups in total. The second kappa shape index (κ2) is 9.18. The lowest BCUT2D eigenvalue weighted by atomic mass is 10.2. The molecule has 0 fully saturated rings. The van der Waals surface area contributed by atoms with E-state index in [2.05, 4.69) is 4.74 Å². The third kappa shape index (κ3) is 6.21. The highest BCUT2D eigenvalue weighted by Gasteiger charge is 2.37. The Balaban J connectivity index is 2.99. The van der Waals surface area contributed by atoms with Crippen LogP contribution < -0.4 is 4.72 Å². The van der Waals surface area contributed by atoms with Crippen molar-refractivity contribution in [1.82, 2.24) is 9.62 Å². The maximum absolute atomic E-state index is 13.1. The van der Waals surface area contributed by atoms with E-state index in [1.165, 1.54) is 18.9 Å². The molecule has 27 heavy (non-hydrogen) atoms. The van der Waals surface area contributed by atoms with E-state index >= 15 is 0 Å². The van der Waals surface area contributed by atoms with Gasteiger partial charge in [0, 0.05) is 13.1 Å². The van der Waals surface area contributed by atoms with Crippen LogP contribution in [0.15, 0.2) is 29.2 Å². The first-order valence-corrected chi connectivity index (χ1v) is 9.46. The van der Waals surface area contributed by atoms with Crippen LogP contribution in [0.2, 0.25) is 0 Å². The van der Waals surface area contributed by atoms with E-state index < -0.39 is 44.6 Å². The summed E-state index contributed by atoms with van der Waals surface area (Å²) in [6.45, 7) is 3.01. The minimum Gasteiger partial charge on any atom is -0.469 e. The van der Waals surface area contributed by atoms with E-state index in [9.17, 15) is 31.2 Å². The standard InChI is InChI=1S/C16H21F3N2O5S/c1-4-21(10-9-14(22)26-3)15(23)11(2)20-27(24,25)13-8-6-5-7-12(13)16(17,18)19/h5-8,11,20H,4,9-10H2,1-3H3/t11-/m0/s1. The number of amides is 1. The second-order valence-corrected chi connectivity index (χ2v) is 7.26. The number of ether oxygens (including phenoxy) is 1. The fourth-order valence-corrected chi connectivity index (χ4v) is 3.73. The van der Waals surface area contributed by atoms with Crippen molar-refractivity contribution in [3.8, 4) is 0 Å². The van der Waals surface area contributed by atoms with Crippen LogP contribution >= 0.6 is 0 Å². The van der Waals surface area contributed by atoms with Gasteiger partial charge in [-0.1, -0.05) is 12.1 Å². The first-order valence-electron chi connectivity index (χ1n) is 7.98. The summed E-state index contributed by atoms with van der Waals surface area (Å²) in [5, 5.41) is 0. The number of carbonyl (C=O) groups is 2. The van der Waals surface area contributed by atoms with Gasteiger partial charge in [0.15, 0.2) is 0 Å². The monoisotopic (exact) mass is 410 g/mol. The molecule has 0 heterocycles. The summed E-state index contributed by atoms with van der Waals surface area (Å²) in [5.74, 6) is -1.22. The number of methoxy groups -OCH3 is 1. The van der Waals surface area contributed by atoms with Crippen molar-refractivity contribution >= 4 is 21.9 Å². The normalized spacial score (nSPS) is 13.1. The molecular formula is C16H21F3N2O5S. The average molecular weight is 410 g/mol. The van der Waals surface area contributed by atoms with Crippen LogP contribution in [0.3, 0.4) is 0 Å². The van der Waals surface area contributed by atoms with Crippen molar-refractivity contribution in [2.75, 3.05) is 20.2 Å². The smallest absolute Gasteiger partial charge is 0.417 e. The summed E-state index contributed by atoms with van der Waals surface area (Å²) in [6, 6.07) is 2.37. The molecule has 1 amide bonds. The Kier molecular flexibility index (Phi) is 7.78. The predicted molar refractivity (Wildman–Crippen MR) is 90.1 cm³/mol. The number of nitrogens with zero attached hydrogens (tertiary/aromatic N) is 1. The number of carbonyl (C=O) groups excluding carboxylic acids is 2. The van der Waals surface area contributed by atoms with E-state index in [0.29, 0.717) is 6.07 Å². The first-order chi connectivity index (χ1) is 12.4. The quantitative estimate of drug-likeness (QED) is 0.660. The average Bonchev–Trinajstić information content (AvgIpc) is 2.60. The number of sulfonamides is 1. The molecule has 7 nitrogen and oxygen atoms in total. The number of esters is 1. The number of rotatable bonds is 8. The van der Waals surface area contributed by atoms with Gasteiger partial charge in [-0.05, 0) is 26.0 Å². The van der Waals surface area contributed by atoms with Crippen LogP contribution in [-0.4, -0.2) is 51.4 Å². The molecule has 0 radical (unpaired) electrons. The van der Waals surface area contributed by atoms with E-state index in [4.69, 9.17) is 0 Å². The van der Waals surface area contributed by atoms with Gasteiger partial charge in [-0.3, -0.25) is 9.59 Å². The molecule has 0 aliphatic carbocycles. The molecule has 0 saturated heterocycles. The third-order valence-electron chi connectivity index (χ3n) is 3.69. The highest BCUT2D eigenvalue weighted by atomic mass is 32.2. The topological polar surface area (TPSA) is 92.8 Å². The van der Waals surface area contributed by atoms with Gasteiger partial charge in [0.1, 0.15) is 0 Å². The lowest BCUT2D eigenvalue weighted by molar-refractivity contribution is -0.142. The van der Waals surface area contributed by atoms with Crippen molar-refractivity contribution < 1.29 is 35.9 Å². The molecule has 0 spiro atoms. The zero-order valence-corrected chi connectivity index (χ0v) is 15.9. The number of likely N-dealkylation sites (N-methyl/N-ethyl adjacent to an activating group) is 1. The lowest BCUT2D eigenvalue weighted by Gasteiger charge is -2.25. The number of nitrogens with one attached hydrogen (secondary N) is 1. The number of halogens is 3. The van der Waals surface area contributed by atoms with Gasteiger partial charge in [0.05, 0.1) is 30.0 Å². The zero-order valence-electron chi connectivity index (χ0n) is 15.0. The Morgan fingerprint density at radius 2 is 1.85 bits per heavy atom. The van der Waals surface area contributed by atoms with E-state index in [1.807, 2.05) is 4.72 Å². The molecular weight excluding hydrogens is 389 g/mol. The molecule has 1 rings (SSSR count). The molecule has 1 aromatic carbocycles. The second-order valence-electron chi connectivity index (χ2n) is 5.58. The van der Waals surface area contributed by atoms with Gasteiger partial charge < -0.3 is 9.64 Å². The summed E-state index contributed by atoms with van der Waals surface area (Å²) >= 11 is 0. The molecule has 0 unspecified atom stereocenters. The van der Waals surface area contributed by atoms with Gasteiger partial charge in [-0.15, -0.1) is 0 Å². The van der Waals surface area contributed by atoms with Crippen LogP contribution in [0.5, 0.6) is 0 Å². The summed E-state index contributed by atoms with van der Waals surface area (Å²) in [6.07, 6.45) is -4.96. The van der Waals surface area contributed by atoms with Crippen LogP contribution in [0.25, 0.3) is 0 Å². The molecule has 0 aliphatic heterocycles. The third-order valence-corrected chi connectivity index (χ3v) is 5.29. The van der Waals surface area contributed by atoms with Gasteiger partial charge >= 0.3 is 12.1 Å². The maximum atomic E-state index is 13.1. The zero-order chi connectivity index (χ0) is 20.8. The molecule has 1 atom stereocenters. The fourth-order valence-electron chi connectivity index (χ4n) is 2.31. The predicted octanol–water partition coefficient (Wildman–Crippen LogP) is 1.78. The number of hydrogen-bond donors (Lipinski definition) is 1. The molecule has 0 saturated carbocycles. The highest BCUT2D eigenvalue weighted by molar-refractivity contribution is 7.89. The summed E-state index contributed by atoms with van der Waals surface area (Å²) < 4.78 is 70.4. The van der Waals surface area contributed by atoms with Crippen molar-refractivity contribution in [1.29, 1.82) is 0 Å².